The standard InChI is InChI=1S/C73H66F6O14S2/c1-41-63-13-11-43(35-88-57-29-59(90-37-45-15-49(80-3)25-50(16-45)81-4)33-60(30-57)91-38-46-17-51(82-5)26-52(18-46)83-6)23-65(63)94-69(41)67-68(72(76,77)73(78,79)71(67,74)75)70-42(2)64-14-12-44(24-66(64)95-70)36-89-58-31-61(92-39-47-19-53(84-7)27-54(20-47)85-8)34-62(32-58)93-40-48-21-55(86-9)28-56(22-48)87-10/h11-34H,35-40H2,1-10H3. The van der Waals surface area contributed by atoms with Crippen LogP contribution < -0.4 is 66.3 Å². The molecule has 8 aromatic carbocycles. The second-order valence-electron chi connectivity index (χ2n) is 22.1. The second-order valence-corrected chi connectivity index (χ2v) is 24.2. The van der Waals surface area contributed by atoms with Gasteiger partial charge in [-0.1, -0.05) is 24.3 Å². The minimum atomic E-state index is -5.79. The van der Waals surface area contributed by atoms with Crippen molar-refractivity contribution in [2.75, 3.05) is 56.9 Å². The maximum atomic E-state index is 16.7. The van der Waals surface area contributed by atoms with E-state index in [1.807, 2.05) is 48.5 Å². The van der Waals surface area contributed by atoms with Gasteiger partial charge in [0.15, 0.2) is 0 Å². The zero-order chi connectivity index (χ0) is 67.3. The molecule has 14 nitrogen and oxygen atoms in total. The van der Waals surface area contributed by atoms with Crippen molar-refractivity contribution in [2.45, 2.75) is 71.3 Å². The van der Waals surface area contributed by atoms with Crippen molar-refractivity contribution in [1.29, 1.82) is 0 Å². The van der Waals surface area contributed by atoms with Crippen molar-refractivity contribution in [3.63, 3.8) is 0 Å². The summed E-state index contributed by atoms with van der Waals surface area (Å²) in [5, 5.41) is 0.820. The first kappa shape index (κ1) is 66.6. The van der Waals surface area contributed by atoms with Gasteiger partial charge in [-0.15, -0.1) is 22.7 Å². The summed E-state index contributed by atoms with van der Waals surface area (Å²) in [6, 6.07) is 41.5. The molecule has 0 bridgehead atoms. The maximum absolute atomic E-state index is 16.7. The second kappa shape index (κ2) is 28.0. The van der Waals surface area contributed by atoms with Crippen molar-refractivity contribution in [3.05, 3.63) is 200 Å². The molecule has 0 saturated carbocycles. The van der Waals surface area contributed by atoms with E-state index in [1.165, 1.54) is 13.8 Å². The van der Waals surface area contributed by atoms with Gasteiger partial charge in [0.2, 0.25) is 0 Å². The molecule has 0 N–H and O–H groups in total. The first-order valence-corrected chi connectivity index (χ1v) is 31.2. The number of benzene rings is 8. The van der Waals surface area contributed by atoms with Crippen LogP contribution in [0.3, 0.4) is 0 Å². The molecule has 1 aliphatic carbocycles. The van der Waals surface area contributed by atoms with Gasteiger partial charge in [-0.25, -0.2) is 0 Å². The van der Waals surface area contributed by atoms with Crippen LogP contribution in [0.1, 0.15) is 54.3 Å². The van der Waals surface area contributed by atoms with Gasteiger partial charge in [-0.2, -0.15) is 26.3 Å². The van der Waals surface area contributed by atoms with E-state index in [0.717, 1.165) is 44.9 Å². The summed E-state index contributed by atoms with van der Waals surface area (Å²) in [5.74, 6) is -9.63. The van der Waals surface area contributed by atoms with Gasteiger partial charge in [-0.3, -0.25) is 0 Å². The maximum Gasteiger partial charge on any atom is 0.380 e. The van der Waals surface area contributed by atoms with E-state index in [2.05, 4.69) is 0 Å². The number of aryl methyl sites for hydroxylation is 2. The fourth-order valence-corrected chi connectivity index (χ4v) is 13.6. The van der Waals surface area contributed by atoms with Crippen LogP contribution in [0, 0.1) is 13.8 Å². The SMILES string of the molecule is COc1cc(COc2cc(OCc3cc(OC)cc(OC)c3)cc(OCc3ccc4c(C)c(C5=C(c6sc7cc(COc8cc(OCc9cc(OC)cc(OC)c9)cc(OCc9cc(OC)cc(OC)c9)c8)ccc7c6C)C(F)(F)C(F)(F)C5(F)F)sc4c3)c2)cc(OC)c1. The number of rotatable bonds is 28. The van der Waals surface area contributed by atoms with Crippen LogP contribution in [0.4, 0.5) is 26.3 Å². The third kappa shape index (κ3) is 14.2. The predicted octanol–water partition coefficient (Wildman–Crippen LogP) is 18.1. The lowest BCUT2D eigenvalue weighted by Crippen LogP contribution is -2.48. The summed E-state index contributed by atoms with van der Waals surface area (Å²) < 4.78 is 181. The summed E-state index contributed by atoms with van der Waals surface area (Å²) in [6.07, 6.45) is 0. The van der Waals surface area contributed by atoms with E-state index in [1.54, 1.807) is 154 Å². The molecular formula is C73H66F6O14S2. The summed E-state index contributed by atoms with van der Waals surface area (Å²) in [4.78, 5) is -0.786. The quantitative estimate of drug-likeness (QED) is 0.0431. The summed E-state index contributed by atoms with van der Waals surface area (Å²) in [7, 11) is 12.4. The number of hydrogen-bond acceptors (Lipinski definition) is 16. The summed E-state index contributed by atoms with van der Waals surface area (Å²) in [5.41, 5.74) is 1.52. The molecule has 0 fully saturated rings. The molecular weight excluding hydrogens is 1280 g/mol. The number of hydrogen-bond donors (Lipinski definition) is 0. The highest BCUT2D eigenvalue weighted by atomic mass is 32.1. The van der Waals surface area contributed by atoms with Crippen LogP contribution in [0.15, 0.2) is 146 Å². The average Bonchev–Trinajstić information content (AvgIpc) is 1.52. The highest BCUT2D eigenvalue weighted by Gasteiger charge is 2.81. The van der Waals surface area contributed by atoms with Crippen LogP contribution in [0.2, 0.25) is 0 Å². The lowest BCUT2D eigenvalue weighted by molar-refractivity contribution is -0.254. The summed E-state index contributed by atoms with van der Waals surface area (Å²) in [6.45, 7) is 3.22. The zero-order valence-electron chi connectivity index (χ0n) is 53.4. The van der Waals surface area contributed by atoms with Gasteiger partial charge >= 0.3 is 17.8 Å². The van der Waals surface area contributed by atoms with Gasteiger partial charge in [0.1, 0.15) is 120 Å². The molecule has 95 heavy (non-hydrogen) atoms. The fraction of sp³-hybridized carbons (Fsp3) is 0.260. The highest BCUT2D eigenvalue weighted by Crippen LogP contribution is 2.67. The number of ether oxygens (including phenoxy) is 14. The van der Waals surface area contributed by atoms with Crippen molar-refractivity contribution in [3.8, 4) is 80.5 Å². The number of methoxy groups -OCH3 is 8. The third-order valence-electron chi connectivity index (χ3n) is 15.9. The van der Waals surface area contributed by atoms with E-state index < -0.39 is 38.7 Å². The van der Waals surface area contributed by atoms with Crippen LogP contribution in [-0.4, -0.2) is 74.6 Å². The lowest BCUT2D eigenvalue weighted by Gasteiger charge is -2.25. The first-order chi connectivity index (χ1) is 45.6. The molecule has 0 radical (unpaired) electrons. The Morgan fingerprint density at radius 3 is 0.705 bits per heavy atom. The Labute approximate surface area is 552 Å². The molecule has 1 aliphatic rings. The monoisotopic (exact) mass is 1340 g/mol. The third-order valence-corrected chi connectivity index (χ3v) is 18.5. The van der Waals surface area contributed by atoms with E-state index in [9.17, 15) is 0 Å². The number of allylic oxidation sites excluding steroid dienone is 2. The Hall–Kier alpha value is -9.80. The Bertz CT molecular complexity index is 3960. The molecule has 11 rings (SSSR count). The molecule has 0 saturated heterocycles. The van der Waals surface area contributed by atoms with Gasteiger partial charge in [0.05, 0.1) is 68.0 Å². The minimum Gasteiger partial charge on any atom is -0.497 e. The Kier molecular flexibility index (Phi) is 19.7. The van der Waals surface area contributed by atoms with Gasteiger partial charge in [-0.05, 0) is 130 Å². The normalized spacial score (nSPS) is 13.7. The Balaban J connectivity index is 0.868. The highest BCUT2D eigenvalue weighted by molar-refractivity contribution is 7.21. The fourth-order valence-electron chi connectivity index (χ4n) is 10.9. The minimum absolute atomic E-state index is 0.0708. The molecule has 22 heteroatoms. The van der Waals surface area contributed by atoms with Crippen LogP contribution in [0.5, 0.6) is 80.5 Å². The van der Waals surface area contributed by atoms with Crippen LogP contribution in [-0.2, 0) is 39.6 Å². The average molecular weight is 1350 g/mol. The molecule has 2 heterocycles. The van der Waals surface area contributed by atoms with E-state index in [-0.39, 0.29) is 50.8 Å². The van der Waals surface area contributed by atoms with E-state index in [4.69, 9.17) is 66.3 Å². The largest absolute Gasteiger partial charge is 0.497 e. The molecule has 0 unspecified atom stereocenters. The number of alkyl halides is 6. The van der Waals surface area contributed by atoms with Gasteiger partial charge in [0.25, 0.3) is 0 Å². The van der Waals surface area contributed by atoms with Gasteiger partial charge < -0.3 is 66.3 Å². The van der Waals surface area contributed by atoms with Gasteiger partial charge in [0, 0.05) is 79.8 Å². The van der Waals surface area contributed by atoms with Crippen LogP contribution >= 0.6 is 22.7 Å². The number of halogens is 6. The van der Waals surface area contributed by atoms with E-state index in [0.29, 0.717) is 112 Å². The number of thiophene rings is 2. The Morgan fingerprint density at radius 1 is 0.274 bits per heavy atom. The topological polar surface area (TPSA) is 129 Å². The van der Waals surface area contributed by atoms with Crippen molar-refractivity contribution in [1.82, 2.24) is 0 Å². The lowest BCUT2D eigenvalue weighted by atomic mass is 9.98. The summed E-state index contributed by atoms with van der Waals surface area (Å²) >= 11 is 1.46. The van der Waals surface area contributed by atoms with Crippen molar-refractivity contribution < 1.29 is 92.7 Å². The molecule has 0 atom stereocenters. The molecule has 2 aromatic heterocycles. The first-order valence-electron chi connectivity index (χ1n) is 29.5. The predicted molar refractivity (Wildman–Crippen MR) is 352 cm³/mol. The van der Waals surface area contributed by atoms with Crippen LogP contribution in [0.25, 0.3) is 31.3 Å². The smallest absolute Gasteiger partial charge is 0.380 e. The Morgan fingerprint density at radius 2 is 0.484 bits per heavy atom. The molecule has 10 aromatic rings. The van der Waals surface area contributed by atoms with Crippen molar-refractivity contribution >= 4 is 54.0 Å². The molecule has 0 amide bonds. The van der Waals surface area contributed by atoms with Crippen molar-refractivity contribution in [2.24, 2.45) is 0 Å². The van der Waals surface area contributed by atoms with E-state index >= 15 is 26.3 Å². The molecule has 0 spiro atoms. The molecule has 0 aliphatic heterocycles. The number of fused-ring (bicyclic) bond motifs is 2. The zero-order valence-corrected chi connectivity index (χ0v) is 55.0. The molecule has 496 valence electrons.